The lowest BCUT2D eigenvalue weighted by atomic mass is 10.0. The Morgan fingerprint density at radius 1 is 1.24 bits per heavy atom. The van der Waals surface area contributed by atoms with Crippen LogP contribution in [0, 0.1) is 11.8 Å². The van der Waals surface area contributed by atoms with Crippen molar-refractivity contribution in [3.8, 4) is 11.5 Å². The first-order valence-electron chi connectivity index (χ1n) is 6.78. The molecule has 6 nitrogen and oxygen atoms in total. The van der Waals surface area contributed by atoms with Crippen molar-refractivity contribution in [1.29, 1.82) is 0 Å². The number of anilines is 1. The van der Waals surface area contributed by atoms with Crippen molar-refractivity contribution < 1.29 is 24.2 Å². The molecule has 21 heavy (non-hydrogen) atoms. The largest absolute Gasteiger partial charge is 0.493 e. The molecule has 2 rings (SSSR count). The fourth-order valence-electron chi connectivity index (χ4n) is 2.22. The summed E-state index contributed by atoms with van der Waals surface area (Å²) in [6.07, 6.45) is 2.10. The summed E-state index contributed by atoms with van der Waals surface area (Å²) in [5, 5.41) is 12.0. The molecule has 1 atom stereocenters. The van der Waals surface area contributed by atoms with E-state index in [4.69, 9.17) is 9.47 Å². The first-order chi connectivity index (χ1) is 9.97. The fourth-order valence-corrected chi connectivity index (χ4v) is 2.22. The van der Waals surface area contributed by atoms with Crippen LogP contribution in [0.25, 0.3) is 0 Å². The number of methoxy groups -OCH3 is 2. The second-order valence-corrected chi connectivity index (χ2v) is 5.17. The van der Waals surface area contributed by atoms with E-state index in [2.05, 4.69) is 5.32 Å². The van der Waals surface area contributed by atoms with E-state index in [1.54, 1.807) is 0 Å². The van der Waals surface area contributed by atoms with Gasteiger partial charge in [0.2, 0.25) is 5.91 Å². The lowest BCUT2D eigenvalue weighted by Gasteiger charge is -2.16. The third-order valence-electron chi connectivity index (χ3n) is 3.75. The van der Waals surface area contributed by atoms with E-state index in [0.717, 1.165) is 12.8 Å². The quantitative estimate of drug-likeness (QED) is 0.841. The Balaban J connectivity index is 2.31. The highest BCUT2D eigenvalue weighted by Gasteiger charge is 2.33. The molecule has 0 bridgehead atoms. The SMILES string of the molecule is COc1cc(NC(=O)C(C)C2CC2)c(C(=O)O)cc1OC. The summed E-state index contributed by atoms with van der Waals surface area (Å²) < 4.78 is 10.2. The van der Waals surface area contributed by atoms with Crippen molar-refractivity contribution in [2.24, 2.45) is 11.8 Å². The van der Waals surface area contributed by atoms with Gasteiger partial charge >= 0.3 is 5.97 Å². The Labute approximate surface area is 123 Å². The van der Waals surface area contributed by atoms with Crippen LogP contribution in [0.3, 0.4) is 0 Å². The molecule has 1 fully saturated rings. The molecule has 114 valence electrons. The van der Waals surface area contributed by atoms with Crippen LogP contribution in [0.4, 0.5) is 5.69 Å². The van der Waals surface area contributed by atoms with Crippen LogP contribution in [0.15, 0.2) is 12.1 Å². The molecule has 6 heteroatoms. The van der Waals surface area contributed by atoms with Crippen LogP contribution in [0.5, 0.6) is 11.5 Å². The zero-order valence-corrected chi connectivity index (χ0v) is 12.3. The number of carboxylic acid groups (broad SMARTS) is 1. The zero-order chi connectivity index (χ0) is 15.6. The number of benzene rings is 1. The van der Waals surface area contributed by atoms with Gasteiger partial charge in [0.1, 0.15) is 0 Å². The molecule has 1 saturated carbocycles. The van der Waals surface area contributed by atoms with Crippen molar-refractivity contribution >= 4 is 17.6 Å². The molecule has 1 aliphatic rings. The molecule has 0 radical (unpaired) electrons. The third-order valence-corrected chi connectivity index (χ3v) is 3.75. The number of carbonyl (C=O) groups is 2. The van der Waals surface area contributed by atoms with Gasteiger partial charge in [-0.15, -0.1) is 0 Å². The van der Waals surface area contributed by atoms with Crippen LogP contribution in [0.2, 0.25) is 0 Å². The van der Waals surface area contributed by atoms with Crippen LogP contribution in [-0.2, 0) is 4.79 Å². The molecule has 1 unspecified atom stereocenters. The average molecular weight is 293 g/mol. The molecule has 1 aromatic carbocycles. The lowest BCUT2D eigenvalue weighted by Crippen LogP contribution is -2.23. The smallest absolute Gasteiger partial charge is 0.337 e. The maximum Gasteiger partial charge on any atom is 0.337 e. The molecule has 1 amide bonds. The average Bonchev–Trinajstić information content (AvgIpc) is 3.30. The summed E-state index contributed by atoms with van der Waals surface area (Å²) in [5.41, 5.74) is 0.196. The Hall–Kier alpha value is -2.24. The van der Waals surface area contributed by atoms with Crippen LogP contribution >= 0.6 is 0 Å². The topological polar surface area (TPSA) is 84.9 Å². The summed E-state index contributed by atoms with van der Waals surface area (Å²) in [7, 11) is 2.88. The van der Waals surface area contributed by atoms with Gasteiger partial charge in [0, 0.05) is 18.1 Å². The van der Waals surface area contributed by atoms with Crippen molar-refractivity contribution in [1.82, 2.24) is 0 Å². The van der Waals surface area contributed by atoms with E-state index < -0.39 is 5.97 Å². The zero-order valence-electron chi connectivity index (χ0n) is 12.3. The first-order valence-corrected chi connectivity index (χ1v) is 6.78. The Kier molecular flexibility index (Phi) is 4.35. The molecular formula is C15H19NO5. The summed E-state index contributed by atoms with van der Waals surface area (Å²) >= 11 is 0. The summed E-state index contributed by atoms with van der Waals surface area (Å²) in [6.45, 7) is 1.86. The second kappa shape index (κ2) is 6.03. The van der Waals surface area contributed by atoms with Gasteiger partial charge in [-0.3, -0.25) is 4.79 Å². The maximum absolute atomic E-state index is 12.1. The number of carbonyl (C=O) groups excluding carboxylic acids is 1. The Morgan fingerprint density at radius 3 is 2.29 bits per heavy atom. The van der Waals surface area contributed by atoms with E-state index >= 15 is 0 Å². The highest BCUT2D eigenvalue weighted by atomic mass is 16.5. The van der Waals surface area contributed by atoms with Crippen LogP contribution < -0.4 is 14.8 Å². The van der Waals surface area contributed by atoms with E-state index in [-0.39, 0.29) is 23.1 Å². The van der Waals surface area contributed by atoms with E-state index in [1.165, 1.54) is 26.4 Å². The third kappa shape index (κ3) is 3.26. The van der Waals surface area contributed by atoms with E-state index in [9.17, 15) is 14.7 Å². The number of amides is 1. The predicted octanol–water partition coefficient (Wildman–Crippen LogP) is 2.39. The Bertz CT molecular complexity index is 565. The molecule has 0 spiro atoms. The van der Waals surface area contributed by atoms with Gasteiger partial charge in [-0.2, -0.15) is 0 Å². The minimum absolute atomic E-state index is 0.0241. The number of nitrogens with one attached hydrogen (secondary N) is 1. The monoisotopic (exact) mass is 293 g/mol. The minimum Gasteiger partial charge on any atom is -0.493 e. The molecule has 0 heterocycles. The number of hydrogen-bond acceptors (Lipinski definition) is 4. The van der Waals surface area contributed by atoms with E-state index in [1.807, 2.05) is 6.92 Å². The van der Waals surface area contributed by atoms with Gasteiger partial charge < -0.3 is 19.9 Å². The highest BCUT2D eigenvalue weighted by Crippen LogP contribution is 2.38. The molecule has 0 aliphatic heterocycles. The van der Waals surface area contributed by atoms with Gasteiger partial charge in [-0.25, -0.2) is 4.79 Å². The molecule has 0 saturated heterocycles. The lowest BCUT2D eigenvalue weighted by molar-refractivity contribution is -0.119. The second-order valence-electron chi connectivity index (χ2n) is 5.17. The number of carboxylic acids is 1. The fraction of sp³-hybridized carbons (Fsp3) is 0.467. The van der Waals surface area contributed by atoms with Gasteiger partial charge in [-0.05, 0) is 18.8 Å². The number of aromatic carboxylic acids is 1. The van der Waals surface area contributed by atoms with Gasteiger partial charge in [0.05, 0.1) is 25.5 Å². The molecule has 1 aromatic rings. The van der Waals surface area contributed by atoms with Crippen molar-refractivity contribution in [3.63, 3.8) is 0 Å². The van der Waals surface area contributed by atoms with Crippen molar-refractivity contribution in [2.75, 3.05) is 19.5 Å². The molecule has 2 N–H and O–H groups in total. The Morgan fingerprint density at radius 2 is 1.81 bits per heavy atom. The first kappa shape index (κ1) is 15.2. The van der Waals surface area contributed by atoms with Gasteiger partial charge in [-0.1, -0.05) is 6.92 Å². The molecule has 0 aromatic heterocycles. The summed E-state index contributed by atoms with van der Waals surface area (Å²) in [4.78, 5) is 23.5. The van der Waals surface area contributed by atoms with Crippen LogP contribution in [-0.4, -0.2) is 31.2 Å². The maximum atomic E-state index is 12.1. The highest BCUT2D eigenvalue weighted by molar-refractivity contribution is 6.02. The van der Waals surface area contributed by atoms with Gasteiger partial charge in [0.15, 0.2) is 11.5 Å². The summed E-state index contributed by atoms with van der Waals surface area (Å²) in [5.74, 6) is -0.351. The molecular weight excluding hydrogens is 274 g/mol. The molecule has 1 aliphatic carbocycles. The van der Waals surface area contributed by atoms with Gasteiger partial charge in [0.25, 0.3) is 0 Å². The predicted molar refractivity (Wildman–Crippen MR) is 77.0 cm³/mol. The van der Waals surface area contributed by atoms with Crippen molar-refractivity contribution in [3.05, 3.63) is 17.7 Å². The van der Waals surface area contributed by atoms with Crippen LogP contribution in [0.1, 0.15) is 30.1 Å². The number of rotatable bonds is 6. The summed E-state index contributed by atoms with van der Waals surface area (Å²) in [6, 6.07) is 2.82. The number of hydrogen-bond donors (Lipinski definition) is 2. The van der Waals surface area contributed by atoms with E-state index in [0.29, 0.717) is 17.4 Å². The minimum atomic E-state index is -1.13. The number of ether oxygens (including phenoxy) is 2. The normalized spacial score (nSPS) is 15.2. The standard InChI is InChI=1S/C15H19NO5/c1-8(9-4-5-9)14(17)16-11-7-13(21-3)12(20-2)6-10(11)15(18)19/h6-9H,4-5H2,1-3H3,(H,16,17)(H,18,19). The van der Waals surface area contributed by atoms with Crippen molar-refractivity contribution in [2.45, 2.75) is 19.8 Å².